The average Bonchev–Trinajstić information content (AvgIpc) is 2.59. The maximum absolute atomic E-state index is 13.9. The quantitative estimate of drug-likeness (QED) is 0.552. The second-order valence-electron chi connectivity index (χ2n) is 9.98. The number of nitrogens with zero attached hydrogens (tertiary/aromatic N) is 1. The van der Waals surface area contributed by atoms with E-state index in [0.29, 0.717) is 35.6 Å². The molecule has 2 nitrogen and oxygen atoms in total. The lowest BCUT2D eigenvalue weighted by Gasteiger charge is -2.47. The molecule has 2 saturated heterocycles. The molecule has 1 aromatic carbocycles. The first kappa shape index (κ1) is 20.6. The van der Waals surface area contributed by atoms with Gasteiger partial charge in [-0.25, -0.2) is 0 Å². The van der Waals surface area contributed by atoms with Crippen molar-refractivity contribution >= 4 is 5.78 Å². The smallest absolute Gasteiger partial charge is 0.166 e. The predicted molar refractivity (Wildman–Crippen MR) is 115 cm³/mol. The molecule has 2 unspecified atom stereocenters. The third-order valence-electron chi connectivity index (χ3n) is 7.09. The van der Waals surface area contributed by atoms with Crippen molar-refractivity contribution in [3.63, 3.8) is 0 Å². The lowest BCUT2D eigenvalue weighted by molar-refractivity contribution is 0.0337. The van der Waals surface area contributed by atoms with Crippen LogP contribution < -0.4 is 0 Å². The molecule has 150 valence electrons. The Morgan fingerprint density at radius 3 is 1.78 bits per heavy atom. The summed E-state index contributed by atoms with van der Waals surface area (Å²) in [4.78, 5) is 16.4. The van der Waals surface area contributed by atoms with Crippen molar-refractivity contribution < 1.29 is 4.79 Å². The molecule has 2 heteroatoms. The minimum atomic E-state index is 0.205. The van der Waals surface area contributed by atoms with Gasteiger partial charge in [0, 0.05) is 23.6 Å². The summed E-state index contributed by atoms with van der Waals surface area (Å²) >= 11 is 0. The standard InChI is InChI=1S/C25H39NO/c1-15(2)18-13-22(16(3)4)24(23(14-18)17(5)6)25(27)19-11-20-9-8-10-21(12-19)26(20)7/h13-17,19-21H,8-12H2,1-7H3. The maximum Gasteiger partial charge on any atom is 0.166 e. The first-order chi connectivity index (χ1) is 12.7. The Bertz CT molecular complexity index is 645. The van der Waals surface area contributed by atoms with E-state index >= 15 is 0 Å². The highest BCUT2D eigenvalue weighted by Crippen LogP contribution is 2.40. The Hall–Kier alpha value is -1.15. The molecule has 2 atom stereocenters. The molecule has 0 N–H and O–H groups in total. The minimum Gasteiger partial charge on any atom is -0.300 e. The van der Waals surface area contributed by atoms with Gasteiger partial charge < -0.3 is 4.90 Å². The fourth-order valence-electron chi connectivity index (χ4n) is 5.27. The van der Waals surface area contributed by atoms with Crippen molar-refractivity contribution in [3.8, 4) is 0 Å². The van der Waals surface area contributed by atoms with Crippen molar-refractivity contribution in [1.29, 1.82) is 0 Å². The van der Waals surface area contributed by atoms with Gasteiger partial charge >= 0.3 is 0 Å². The zero-order valence-corrected chi connectivity index (χ0v) is 18.5. The minimum absolute atomic E-state index is 0.205. The van der Waals surface area contributed by atoms with Gasteiger partial charge in [0.05, 0.1) is 0 Å². The summed E-state index contributed by atoms with van der Waals surface area (Å²) in [6.45, 7) is 13.5. The molecule has 0 radical (unpaired) electrons. The summed E-state index contributed by atoms with van der Waals surface area (Å²) in [6, 6.07) is 5.85. The van der Waals surface area contributed by atoms with Gasteiger partial charge in [-0.2, -0.15) is 0 Å². The molecule has 0 amide bonds. The topological polar surface area (TPSA) is 20.3 Å². The molecular weight excluding hydrogens is 330 g/mol. The monoisotopic (exact) mass is 369 g/mol. The Balaban J connectivity index is 2.03. The van der Waals surface area contributed by atoms with E-state index in [-0.39, 0.29) is 5.92 Å². The molecule has 1 aromatic rings. The molecule has 2 heterocycles. The number of Topliss-reactive ketones (excluding diaryl/α,β-unsaturated/α-hetero) is 1. The Labute approximate surface area is 166 Å². The molecule has 2 aliphatic rings. The number of carbonyl (C=O) groups excluding carboxylic acids is 1. The van der Waals surface area contributed by atoms with Crippen LogP contribution in [0.1, 0.15) is 118 Å². The number of carbonyl (C=O) groups is 1. The van der Waals surface area contributed by atoms with Crippen LogP contribution in [-0.2, 0) is 0 Å². The zero-order valence-electron chi connectivity index (χ0n) is 18.5. The maximum atomic E-state index is 13.9. The van der Waals surface area contributed by atoms with Gasteiger partial charge in [-0.15, -0.1) is 0 Å². The van der Waals surface area contributed by atoms with E-state index in [2.05, 4.69) is 65.6 Å². The van der Waals surface area contributed by atoms with Crippen molar-refractivity contribution in [3.05, 3.63) is 34.4 Å². The van der Waals surface area contributed by atoms with Gasteiger partial charge in [-0.3, -0.25) is 4.79 Å². The summed E-state index contributed by atoms with van der Waals surface area (Å²) in [5, 5.41) is 0. The van der Waals surface area contributed by atoms with Gasteiger partial charge in [0.25, 0.3) is 0 Å². The van der Waals surface area contributed by atoms with E-state index in [1.165, 1.54) is 36.0 Å². The fourth-order valence-corrected chi connectivity index (χ4v) is 5.27. The molecule has 0 aromatic heterocycles. The summed E-state index contributed by atoms with van der Waals surface area (Å²) in [5.74, 6) is 1.89. The number of benzene rings is 1. The van der Waals surface area contributed by atoms with E-state index in [0.717, 1.165) is 18.4 Å². The molecule has 0 aliphatic carbocycles. The van der Waals surface area contributed by atoms with E-state index in [9.17, 15) is 4.79 Å². The molecule has 0 saturated carbocycles. The van der Waals surface area contributed by atoms with Crippen molar-refractivity contribution in [1.82, 2.24) is 4.90 Å². The van der Waals surface area contributed by atoms with E-state index in [4.69, 9.17) is 0 Å². The highest BCUT2D eigenvalue weighted by molar-refractivity contribution is 6.01. The SMILES string of the molecule is CC(C)c1cc(C(C)C)c(C(=O)C2CC3CCCC(C2)N3C)c(C(C)C)c1. The molecule has 0 spiro atoms. The van der Waals surface area contributed by atoms with Crippen LogP contribution in [0.4, 0.5) is 0 Å². The summed E-state index contributed by atoms with van der Waals surface area (Å²) in [5.41, 5.74) is 4.99. The van der Waals surface area contributed by atoms with Crippen LogP contribution in [0.2, 0.25) is 0 Å². The Morgan fingerprint density at radius 1 is 0.889 bits per heavy atom. The van der Waals surface area contributed by atoms with Crippen molar-refractivity contribution in [2.24, 2.45) is 5.92 Å². The number of hydrogen-bond donors (Lipinski definition) is 0. The number of piperidine rings is 2. The van der Waals surface area contributed by atoms with Crippen LogP contribution in [0, 0.1) is 5.92 Å². The molecular formula is C25H39NO. The number of ketones is 1. The molecule has 2 fully saturated rings. The van der Waals surface area contributed by atoms with Crippen LogP contribution in [0.5, 0.6) is 0 Å². The number of rotatable bonds is 5. The first-order valence-electron chi connectivity index (χ1n) is 11.1. The summed E-state index contributed by atoms with van der Waals surface area (Å²) in [6.07, 6.45) is 5.95. The van der Waals surface area contributed by atoms with Gasteiger partial charge in [0.2, 0.25) is 0 Å². The van der Waals surface area contributed by atoms with E-state index in [1.807, 2.05) is 0 Å². The van der Waals surface area contributed by atoms with Gasteiger partial charge in [0.1, 0.15) is 0 Å². The third-order valence-corrected chi connectivity index (χ3v) is 7.09. The molecule has 3 rings (SSSR count). The van der Waals surface area contributed by atoms with Crippen LogP contribution >= 0.6 is 0 Å². The van der Waals surface area contributed by atoms with Gasteiger partial charge in [-0.1, -0.05) is 60.1 Å². The van der Waals surface area contributed by atoms with Crippen LogP contribution in [0.25, 0.3) is 0 Å². The average molecular weight is 370 g/mol. The van der Waals surface area contributed by atoms with Crippen molar-refractivity contribution in [2.45, 2.75) is 103 Å². The second-order valence-corrected chi connectivity index (χ2v) is 9.98. The highest BCUT2D eigenvalue weighted by atomic mass is 16.1. The predicted octanol–water partition coefficient (Wildman–Crippen LogP) is 6.50. The lowest BCUT2D eigenvalue weighted by atomic mass is 9.73. The molecule has 2 aliphatic heterocycles. The lowest BCUT2D eigenvalue weighted by Crippen LogP contribution is -2.51. The normalized spacial score (nSPS) is 26.2. The fraction of sp³-hybridized carbons (Fsp3) is 0.720. The van der Waals surface area contributed by atoms with E-state index < -0.39 is 0 Å². The van der Waals surface area contributed by atoms with Crippen LogP contribution in [0.15, 0.2) is 12.1 Å². The Kier molecular flexibility index (Phi) is 6.15. The number of fused-ring (bicyclic) bond motifs is 2. The molecule has 27 heavy (non-hydrogen) atoms. The summed E-state index contributed by atoms with van der Waals surface area (Å²) in [7, 11) is 2.27. The first-order valence-corrected chi connectivity index (χ1v) is 11.1. The summed E-state index contributed by atoms with van der Waals surface area (Å²) < 4.78 is 0. The Morgan fingerprint density at radius 2 is 1.37 bits per heavy atom. The van der Waals surface area contributed by atoms with Gasteiger partial charge in [0.15, 0.2) is 5.78 Å². The zero-order chi connectivity index (χ0) is 19.9. The van der Waals surface area contributed by atoms with Crippen molar-refractivity contribution in [2.75, 3.05) is 7.05 Å². The van der Waals surface area contributed by atoms with Crippen LogP contribution in [-0.4, -0.2) is 29.8 Å². The highest BCUT2D eigenvalue weighted by Gasteiger charge is 2.40. The van der Waals surface area contributed by atoms with E-state index in [1.54, 1.807) is 0 Å². The largest absolute Gasteiger partial charge is 0.300 e. The number of hydrogen-bond acceptors (Lipinski definition) is 2. The van der Waals surface area contributed by atoms with Gasteiger partial charge in [-0.05, 0) is 67.2 Å². The second kappa shape index (κ2) is 8.07. The molecule has 2 bridgehead atoms. The van der Waals surface area contributed by atoms with Crippen LogP contribution in [0.3, 0.4) is 0 Å². The third kappa shape index (κ3) is 4.01.